The van der Waals surface area contributed by atoms with Gasteiger partial charge in [-0.2, -0.15) is 0 Å². The summed E-state index contributed by atoms with van der Waals surface area (Å²) >= 11 is 0. The van der Waals surface area contributed by atoms with E-state index in [2.05, 4.69) is 0 Å². The fraction of sp³-hybridized carbons (Fsp3) is 0.360. The standard InChI is InChI=1S/C25H23NO6/c27-22-20(31-24(29)16-7-3-1-4-8-16)21(32-25(30)17-9-5-2-6-10-17)23(28)26(22)19-14-15-11-12-18(19)13-15/h1-10,15,18-21H,11-14H2/t15-,18-,19+,20-,21-/m0/s1. The number of rotatable bonds is 5. The van der Waals surface area contributed by atoms with E-state index < -0.39 is 36.0 Å². The lowest BCUT2D eigenvalue weighted by atomic mass is 9.94. The van der Waals surface area contributed by atoms with Crippen LogP contribution < -0.4 is 0 Å². The first-order chi connectivity index (χ1) is 15.5. The summed E-state index contributed by atoms with van der Waals surface area (Å²) in [5.74, 6) is -1.95. The van der Waals surface area contributed by atoms with E-state index in [1.807, 2.05) is 0 Å². The zero-order valence-electron chi connectivity index (χ0n) is 17.4. The lowest BCUT2D eigenvalue weighted by Crippen LogP contribution is -2.44. The van der Waals surface area contributed by atoms with Crippen LogP contribution in [0.15, 0.2) is 60.7 Å². The smallest absolute Gasteiger partial charge is 0.339 e. The molecule has 32 heavy (non-hydrogen) atoms. The fourth-order valence-electron chi connectivity index (χ4n) is 5.24. The first-order valence-electron chi connectivity index (χ1n) is 10.9. The molecule has 0 unspecified atom stereocenters. The Kier molecular flexibility index (Phi) is 5.25. The van der Waals surface area contributed by atoms with Gasteiger partial charge in [-0.1, -0.05) is 42.8 Å². The predicted molar refractivity (Wildman–Crippen MR) is 112 cm³/mol. The number of carbonyl (C=O) groups is 4. The molecule has 2 bridgehead atoms. The third kappa shape index (κ3) is 3.57. The van der Waals surface area contributed by atoms with Gasteiger partial charge in [0.15, 0.2) is 0 Å². The van der Waals surface area contributed by atoms with E-state index in [9.17, 15) is 19.2 Å². The third-order valence-corrected chi connectivity index (χ3v) is 6.76. The molecule has 0 radical (unpaired) electrons. The largest absolute Gasteiger partial charge is 0.444 e. The van der Waals surface area contributed by atoms with Gasteiger partial charge in [-0.05, 0) is 55.4 Å². The lowest BCUT2D eigenvalue weighted by Gasteiger charge is -2.29. The van der Waals surface area contributed by atoms with Crippen molar-refractivity contribution in [1.29, 1.82) is 0 Å². The molecule has 0 spiro atoms. The number of benzene rings is 2. The Morgan fingerprint density at radius 1 is 0.719 bits per heavy atom. The Hall–Kier alpha value is -3.48. The van der Waals surface area contributed by atoms with Crippen LogP contribution in [0.2, 0.25) is 0 Å². The second kappa shape index (κ2) is 8.22. The molecule has 0 N–H and O–H groups in total. The third-order valence-electron chi connectivity index (χ3n) is 6.76. The summed E-state index contributed by atoms with van der Waals surface area (Å²) in [5.41, 5.74) is 0.499. The SMILES string of the molecule is O=C(O[C@@H]1C(=O)N([C@@H]2C[C@H]3CC[C@H]2C3)C(=O)[C@H]1OC(=O)c1ccccc1)c1ccccc1. The topological polar surface area (TPSA) is 90.0 Å². The van der Waals surface area contributed by atoms with Crippen molar-refractivity contribution in [1.82, 2.24) is 4.90 Å². The van der Waals surface area contributed by atoms with E-state index in [1.165, 1.54) is 4.90 Å². The summed E-state index contributed by atoms with van der Waals surface area (Å²) in [6.07, 6.45) is 0.820. The number of ether oxygens (including phenoxy) is 2. The number of hydrogen-bond donors (Lipinski definition) is 0. The maximum absolute atomic E-state index is 13.3. The van der Waals surface area contributed by atoms with E-state index in [4.69, 9.17) is 9.47 Å². The molecular weight excluding hydrogens is 410 g/mol. The molecule has 5 rings (SSSR count). The van der Waals surface area contributed by atoms with Crippen LogP contribution in [0.4, 0.5) is 0 Å². The van der Waals surface area contributed by atoms with E-state index in [0.717, 1.165) is 25.7 Å². The van der Waals surface area contributed by atoms with Gasteiger partial charge in [-0.15, -0.1) is 0 Å². The minimum absolute atomic E-state index is 0.230. The molecule has 2 aromatic carbocycles. The van der Waals surface area contributed by atoms with Crippen LogP contribution >= 0.6 is 0 Å². The highest BCUT2D eigenvalue weighted by Crippen LogP contribution is 2.48. The van der Waals surface area contributed by atoms with Gasteiger partial charge in [0.2, 0.25) is 12.2 Å². The van der Waals surface area contributed by atoms with Crippen molar-refractivity contribution >= 4 is 23.8 Å². The van der Waals surface area contributed by atoms with E-state index >= 15 is 0 Å². The monoisotopic (exact) mass is 433 g/mol. The van der Waals surface area contributed by atoms with Gasteiger partial charge in [-0.3, -0.25) is 14.5 Å². The molecule has 2 aromatic rings. The molecule has 1 saturated heterocycles. The summed E-state index contributed by atoms with van der Waals surface area (Å²) in [6.45, 7) is 0. The Balaban J connectivity index is 1.42. The molecule has 2 saturated carbocycles. The van der Waals surface area contributed by atoms with Crippen molar-refractivity contribution < 1.29 is 28.7 Å². The Labute approximate surface area is 185 Å². The van der Waals surface area contributed by atoms with Crippen molar-refractivity contribution in [2.75, 3.05) is 0 Å². The number of amides is 2. The molecule has 2 aliphatic carbocycles. The number of imide groups is 1. The summed E-state index contributed by atoms with van der Waals surface area (Å²) in [7, 11) is 0. The van der Waals surface area contributed by atoms with Crippen LogP contribution in [0.5, 0.6) is 0 Å². The number of fused-ring (bicyclic) bond motifs is 2. The maximum Gasteiger partial charge on any atom is 0.339 e. The molecule has 1 heterocycles. The summed E-state index contributed by atoms with van der Waals surface area (Å²) in [4.78, 5) is 53.2. The quantitative estimate of drug-likeness (QED) is 0.532. The van der Waals surface area contributed by atoms with E-state index in [-0.39, 0.29) is 23.1 Å². The van der Waals surface area contributed by atoms with Gasteiger partial charge in [0.1, 0.15) is 0 Å². The zero-order valence-corrected chi connectivity index (χ0v) is 17.4. The minimum atomic E-state index is -1.50. The first-order valence-corrected chi connectivity index (χ1v) is 10.9. The molecule has 3 fully saturated rings. The van der Waals surface area contributed by atoms with Crippen LogP contribution in [-0.4, -0.2) is 46.9 Å². The van der Waals surface area contributed by atoms with Crippen LogP contribution in [-0.2, 0) is 19.1 Å². The van der Waals surface area contributed by atoms with E-state index in [0.29, 0.717) is 5.92 Å². The van der Waals surface area contributed by atoms with E-state index in [1.54, 1.807) is 60.7 Å². The fourth-order valence-corrected chi connectivity index (χ4v) is 5.24. The summed E-state index contributed by atoms with van der Waals surface area (Å²) < 4.78 is 10.9. The second-order valence-corrected chi connectivity index (χ2v) is 8.67. The van der Waals surface area contributed by atoms with Crippen LogP contribution in [0.3, 0.4) is 0 Å². The highest BCUT2D eigenvalue weighted by molar-refractivity contribution is 6.10. The molecule has 2 amide bonds. The van der Waals surface area contributed by atoms with Crippen molar-refractivity contribution in [3.63, 3.8) is 0 Å². The predicted octanol–water partition coefficient (Wildman–Crippen LogP) is 3.00. The zero-order chi connectivity index (χ0) is 22.2. The van der Waals surface area contributed by atoms with Crippen molar-refractivity contribution in [2.24, 2.45) is 11.8 Å². The van der Waals surface area contributed by atoms with Gasteiger partial charge in [0.05, 0.1) is 11.1 Å². The van der Waals surface area contributed by atoms with Crippen molar-refractivity contribution in [3.8, 4) is 0 Å². The molecule has 1 aliphatic heterocycles. The highest BCUT2D eigenvalue weighted by Gasteiger charge is 2.58. The molecule has 7 heteroatoms. The molecular formula is C25H23NO6. The van der Waals surface area contributed by atoms with Gasteiger partial charge in [-0.25, -0.2) is 9.59 Å². The lowest BCUT2D eigenvalue weighted by molar-refractivity contribution is -0.145. The highest BCUT2D eigenvalue weighted by atomic mass is 16.6. The average Bonchev–Trinajstić information content (AvgIpc) is 3.51. The van der Waals surface area contributed by atoms with Gasteiger partial charge >= 0.3 is 11.9 Å². The van der Waals surface area contributed by atoms with Crippen LogP contribution in [0, 0.1) is 11.8 Å². The Morgan fingerprint density at radius 3 is 1.62 bits per heavy atom. The first kappa shape index (κ1) is 20.4. The Bertz CT molecular complexity index is 981. The second-order valence-electron chi connectivity index (χ2n) is 8.67. The minimum Gasteiger partial charge on any atom is -0.444 e. The molecule has 5 atom stereocenters. The summed E-state index contributed by atoms with van der Waals surface area (Å²) in [5, 5.41) is 0. The van der Waals surface area contributed by atoms with Gasteiger partial charge < -0.3 is 9.47 Å². The number of likely N-dealkylation sites (tertiary alicyclic amines) is 1. The molecule has 3 aliphatic rings. The molecule has 7 nitrogen and oxygen atoms in total. The number of hydrogen-bond acceptors (Lipinski definition) is 6. The number of nitrogens with zero attached hydrogens (tertiary/aromatic N) is 1. The molecule has 164 valence electrons. The van der Waals surface area contributed by atoms with Crippen LogP contribution in [0.1, 0.15) is 46.4 Å². The van der Waals surface area contributed by atoms with Gasteiger partial charge in [0.25, 0.3) is 11.8 Å². The Morgan fingerprint density at radius 2 is 1.22 bits per heavy atom. The normalized spacial score (nSPS) is 28.8. The number of esters is 2. The van der Waals surface area contributed by atoms with Crippen molar-refractivity contribution in [3.05, 3.63) is 71.8 Å². The average molecular weight is 433 g/mol. The maximum atomic E-state index is 13.3. The van der Waals surface area contributed by atoms with Gasteiger partial charge in [0, 0.05) is 6.04 Å². The van der Waals surface area contributed by atoms with Crippen molar-refractivity contribution in [2.45, 2.75) is 43.9 Å². The summed E-state index contributed by atoms with van der Waals surface area (Å²) in [6, 6.07) is 16.2. The molecule has 0 aromatic heterocycles. The van der Waals surface area contributed by atoms with Crippen LogP contribution in [0.25, 0.3) is 0 Å². The number of carbonyl (C=O) groups excluding carboxylic acids is 4.